The van der Waals surface area contributed by atoms with Gasteiger partial charge in [-0.3, -0.25) is 0 Å². The number of carbonyl (C=O) groups is 1. The van der Waals surface area contributed by atoms with E-state index in [1.807, 2.05) is 48.5 Å². The van der Waals surface area contributed by atoms with Crippen LogP contribution in [0.2, 0.25) is 0 Å². The summed E-state index contributed by atoms with van der Waals surface area (Å²) in [6.07, 6.45) is 24.0. The lowest BCUT2D eigenvalue weighted by Crippen LogP contribution is -3.00. The van der Waals surface area contributed by atoms with Crippen LogP contribution in [-0.4, -0.2) is 35.7 Å². The van der Waals surface area contributed by atoms with E-state index < -0.39 is 5.97 Å². The number of nitrogens with zero attached hydrogens (tertiary/aromatic N) is 1. The second-order valence-corrected chi connectivity index (χ2v) is 10.9. The predicted octanol–water partition coefficient (Wildman–Crippen LogP) is 5.20. The van der Waals surface area contributed by atoms with Gasteiger partial charge in [0.05, 0.1) is 11.4 Å². The number of ether oxygens (including phenoxy) is 2. The van der Waals surface area contributed by atoms with Crippen molar-refractivity contribution in [3.05, 3.63) is 132 Å². The molecule has 1 unspecified atom stereocenters. The molecule has 1 atom stereocenters. The van der Waals surface area contributed by atoms with Gasteiger partial charge in [-0.05, 0) is 75.5 Å². The first-order valence-electron chi connectivity index (χ1n) is 15.3. The van der Waals surface area contributed by atoms with E-state index in [4.69, 9.17) is 14.6 Å². The van der Waals surface area contributed by atoms with E-state index in [2.05, 4.69) is 58.7 Å². The zero-order chi connectivity index (χ0) is 30.7. The van der Waals surface area contributed by atoms with Crippen LogP contribution in [0.15, 0.2) is 132 Å². The maximum absolute atomic E-state index is 9.51. The molecule has 0 aromatic heterocycles. The molecule has 4 aliphatic rings. The Hall–Kier alpha value is -4.79. The zero-order valence-electron chi connectivity index (χ0n) is 25.3. The summed E-state index contributed by atoms with van der Waals surface area (Å²) >= 11 is 0. The van der Waals surface area contributed by atoms with Crippen LogP contribution in [0.5, 0.6) is 11.5 Å². The van der Waals surface area contributed by atoms with Crippen LogP contribution in [-0.2, 0) is 4.79 Å². The molecular formula is C36H42N4O4+2. The molecule has 44 heavy (non-hydrogen) atoms. The molecule has 3 aliphatic heterocycles. The third kappa shape index (κ3) is 7.98. The van der Waals surface area contributed by atoms with E-state index in [1.54, 1.807) is 6.92 Å². The van der Waals surface area contributed by atoms with Gasteiger partial charge in [0.15, 0.2) is 23.1 Å². The molecule has 1 aliphatic carbocycles. The second kappa shape index (κ2) is 15.1. The fourth-order valence-corrected chi connectivity index (χ4v) is 5.69. The molecule has 1 saturated heterocycles. The lowest BCUT2D eigenvalue weighted by molar-refractivity contribution is -0.741. The molecule has 0 saturated carbocycles. The van der Waals surface area contributed by atoms with Gasteiger partial charge < -0.3 is 30.5 Å². The van der Waals surface area contributed by atoms with Gasteiger partial charge in [0.2, 0.25) is 0 Å². The van der Waals surface area contributed by atoms with Gasteiger partial charge >= 0.3 is 5.97 Å². The smallest absolute Gasteiger partial charge is 0.327 e. The Morgan fingerprint density at radius 3 is 2.64 bits per heavy atom. The maximum atomic E-state index is 9.51. The van der Waals surface area contributed by atoms with Crippen molar-refractivity contribution in [3.8, 4) is 11.5 Å². The van der Waals surface area contributed by atoms with Gasteiger partial charge in [-0.25, -0.2) is 9.69 Å². The standard InChI is InChI=1S/C32H34N4O2.C4H6O2/c33-27-12-1-3-14-29(27)37-22-8-11-24-9-7-10-25(16-17-31-34-28-13-2-4-15-30(28)38-31)32(24)36-21-18-26(23-36)35-19-5-6-20-35;1-2-3-4(5)6/h1-4,8,11-18,21,23,34H,5-7,9-10,19-20,22,33H2;2-3H,1H3,(H,5,6)/p+2/b11-8+,25-16+,31-17-;3-2+. The number of para-hydroxylation sites is 3. The number of carboxylic acid groups (broad SMARTS) is 1. The predicted molar refractivity (Wildman–Crippen MR) is 173 cm³/mol. The van der Waals surface area contributed by atoms with E-state index in [0.29, 0.717) is 6.61 Å². The van der Waals surface area contributed by atoms with Crippen molar-refractivity contribution in [2.24, 2.45) is 0 Å². The first-order valence-corrected chi connectivity index (χ1v) is 15.3. The summed E-state index contributed by atoms with van der Waals surface area (Å²) in [5, 5.41) is 11.2. The van der Waals surface area contributed by atoms with Crippen LogP contribution in [0, 0.1) is 0 Å². The third-order valence-corrected chi connectivity index (χ3v) is 7.77. The number of nitrogens with one attached hydrogen (secondary N) is 2. The average Bonchev–Trinajstić information content (AvgIpc) is 3.80. The van der Waals surface area contributed by atoms with Crippen LogP contribution >= 0.6 is 0 Å². The SMILES string of the molecule is C/C=C/C(=O)O.[NH3+]c1ccccc1OC/C=C/C1=C([NH+]2C=CC(N3CCCC3)=C2)C(=C/C=C2/Nc3ccccc3O2)/CCC1. The van der Waals surface area contributed by atoms with Crippen LogP contribution in [0.4, 0.5) is 11.4 Å². The van der Waals surface area contributed by atoms with Gasteiger partial charge in [-0.1, -0.05) is 36.4 Å². The Bertz CT molecular complexity index is 1530. The summed E-state index contributed by atoms with van der Waals surface area (Å²) in [5.41, 5.74) is 11.3. The number of fused-ring (bicyclic) bond motifs is 1. The van der Waals surface area contributed by atoms with E-state index in [0.717, 1.165) is 67.2 Å². The van der Waals surface area contributed by atoms with Crippen molar-refractivity contribution in [2.45, 2.75) is 39.0 Å². The number of quaternary nitrogens is 2. The summed E-state index contributed by atoms with van der Waals surface area (Å²) in [7, 11) is 0. The summed E-state index contributed by atoms with van der Waals surface area (Å²) in [6, 6.07) is 15.9. The lowest BCUT2D eigenvalue weighted by Gasteiger charge is -2.23. The van der Waals surface area contributed by atoms with Crippen molar-refractivity contribution in [3.63, 3.8) is 0 Å². The molecule has 6 N–H and O–H groups in total. The lowest BCUT2D eigenvalue weighted by atomic mass is 9.90. The molecule has 6 rings (SSSR count). The molecule has 2 aromatic rings. The topological polar surface area (TPSA) is 103 Å². The van der Waals surface area contributed by atoms with E-state index in [-0.39, 0.29) is 0 Å². The summed E-state index contributed by atoms with van der Waals surface area (Å²) in [4.78, 5) is 13.3. The number of likely N-dealkylation sites (tertiary alicyclic amines) is 1. The average molecular weight is 595 g/mol. The largest absolute Gasteiger partial charge is 0.483 e. The normalized spacial score (nSPS) is 21.0. The number of carboxylic acids is 1. The molecule has 3 heterocycles. The Kier molecular flexibility index (Phi) is 10.5. The highest BCUT2D eigenvalue weighted by atomic mass is 16.5. The number of aliphatic carboxylic acids is 1. The van der Waals surface area contributed by atoms with Crippen molar-refractivity contribution in [2.75, 3.05) is 25.0 Å². The van der Waals surface area contributed by atoms with Crippen molar-refractivity contribution in [1.82, 2.24) is 4.90 Å². The van der Waals surface area contributed by atoms with Crippen molar-refractivity contribution < 1.29 is 30.0 Å². The van der Waals surface area contributed by atoms with Crippen LogP contribution in [0.25, 0.3) is 0 Å². The Morgan fingerprint density at radius 1 is 1.09 bits per heavy atom. The monoisotopic (exact) mass is 594 g/mol. The summed E-state index contributed by atoms with van der Waals surface area (Å²) < 4.78 is 12.0. The van der Waals surface area contributed by atoms with Gasteiger partial charge in [-0.15, -0.1) is 0 Å². The number of anilines is 1. The molecule has 0 bridgehead atoms. The number of benzene rings is 2. The second-order valence-electron chi connectivity index (χ2n) is 10.9. The fourth-order valence-electron chi connectivity index (χ4n) is 5.69. The quantitative estimate of drug-likeness (QED) is 0.314. The highest BCUT2D eigenvalue weighted by Gasteiger charge is 2.29. The molecular weight excluding hydrogens is 552 g/mol. The van der Waals surface area contributed by atoms with Crippen LogP contribution in [0.3, 0.4) is 0 Å². The third-order valence-electron chi connectivity index (χ3n) is 7.77. The summed E-state index contributed by atoms with van der Waals surface area (Å²) in [6.45, 7) is 4.48. The van der Waals surface area contributed by atoms with Gasteiger partial charge in [-0.2, -0.15) is 0 Å². The molecule has 8 nitrogen and oxygen atoms in total. The Morgan fingerprint density at radius 2 is 1.89 bits per heavy atom. The Labute approximate surface area is 259 Å². The van der Waals surface area contributed by atoms with E-state index in [9.17, 15) is 4.79 Å². The Balaban J connectivity index is 0.000000584. The number of rotatable bonds is 8. The van der Waals surface area contributed by atoms with Crippen molar-refractivity contribution in [1.29, 1.82) is 0 Å². The van der Waals surface area contributed by atoms with Crippen molar-refractivity contribution >= 4 is 17.3 Å². The fraction of sp³-hybridized carbons (Fsp3) is 0.250. The maximum Gasteiger partial charge on any atom is 0.327 e. The van der Waals surface area contributed by atoms with Gasteiger partial charge in [0, 0.05) is 42.5 Å². The van der Waals surface area contributed by atoms with Gasteiger partial charge in [0.25, 0.3) is 0 Å². The molecule has 2 aromatic carbocycles. The minimum atomic E-state index is -0.891. The molecule has 0 amide bonds. The van der Waals surface area contributed by atoms with Crippen LogP contribution in [0.1, 0.15) is 39.0 Å². The minimum Gasteiger partial charge on any atom is -0.483 e. The van der Waals surface area contributed by atoms with E-state index >= 15 is 0 Å². The number of hydrogen-bond donors (Lipinski definition) is 4. The summed E-state index contributed by atoms with van der Waals surface area (Å²) in [5.74, 6) is 1.58. The number of hydrogen-bond acceptors (Lipinski definition) is 5. The minimum absolute atomic E-state index is 0.516. The first-order chi connectivity index (χ1) is 21.5. The number of allylic oxidation sites excluding steroid dienone is 7. The molecule has 8 heteroatoms. The van der Waals surface area contributed by atoms with E-state index in [1.165, 1.54) is 46.4 Å². The molecule has 0 radical (unpaired) electrons. The zero-order valence-corrected chi connectivity index (χ0v) is 25.3. The first kappa shape index (κ1) is 30.7. The molecule has 1 fully saturated rings. The highest BCUT2D eigenvalue weighted by Crippen LogP contribution is 2.33. The molecule has 228 valence electrons. The highest BCUT2D eigenvalue weighted by molar-refractivity contribution is 5.79. The van der Waals surface area contributed by atoms with Crippen LogP contribution < -0.4 is 25.4 Å². The van der Waals surface area contributed by atoms with Gasteiger partial charge in [0.1, 0.15) is 24.7 Å². The molecule has 0 spiro atoms.